The lowest BCUT2D eigenvalue weighted by molar-refractivity contribution is -0.136. The van der Waals surface area contributed by atoms with Crippen LogP contribution in [-0.4, -0.2) is 6.18 Å². The number of thiophene rings is 1. The van der Waals surface area contributed by atoms with Gasteiger partial charge in [-0.25, -0.2) is 0 Å². The smallest absolute Gasteiger partial charge is 0.324 e. The third kappa shape index (κ3) is 4.18. The second kappa shape index (κ2) is 4.91. The van der Waals surface area contributed by atoms with Gasteiger partial charge in [-0.2, -0.15) is 13.2 Å². The summed E-state index contributed by atoms with van der Waals surface area (Å²) in [5, 5.41) is 0. The van der Waals surface area contributed by atoms with Crippen molar-refractivity contribution in [1.29, 1.82) is 0 Å². The molecule has 0 saturated heterocycles. The molecule has 0 fully saturated rings. The van der Waals surface area contributed by atoms with Crippen molar-refractivity contribution in [2.24, 2.45) is 5.73 Å². The van der Waals surface area contributed by atoms with Gasteiger partial charge in [0.15, 0.2) is 0 Å². The lowest BCUT2D eigenvalue weighted by Gasteiger charge is -2.12. The summed E-state index contributed by atoms with van der Waals surface area (Å²) >= 11 is 12.5. The molecule has 0 aliphatic rings. The van der Waals surface area contributed by atoms with Crippen LogP contribution in [0.2, 0.25) is 8.67 Å². The topological polar surface area (TPSA) is 26.0 Å². The third-order valence-corrected chi connectivity index (χ3v) is 3.34. The molecule has 0 bridgehead atoms. The quantitative estimate of drug-likeness (QED) is 0.871. The molecule has 0 aromatic carbocycles. The van der Waals surface area contributed by atoms with E-state index in [1.165, 1.54) is 6.07 Å². The molecule has 0 amide bonds. The van der Waals surface area contributed by atoms with Crippen LogP contribution in [0, 0.1) is 0 Å². The fourth-order valence-electron chi connectivity index (χ4n) is 1.08. The monoisotopic (exact) mass is 277 g/mol. The summed E-state index contributed by atoms with van der Waals surface area (Å²) in [4.78, 5) is 0. The number of alkyl halides is 3. The van der Waals surface area contributed by atoms with Crippen LogP contribution in [0.4, 0.5) is 13.2 Å². The average molecular weight is 278 g/mol. The van der Waals surface area contributed by atoms with E-state index < -0.39 is 18.6 Å². The fraction of sp³-hybridized carbons (Fsp3) is 0.500. The summed E-state index contributed by atoms with van der Waals surface area (Å²) in [5.41, 5.74) is 6.06. The molecular weight excluding hydrogens is 270 g/mol. The molecule has 1 heterocycles. The highest BCUT2D eigenvalue weighted by molar-refractivity contribution is 7.20. The second-order valence-electron chi connectivity index (χ2n) is 3.04. The highest BCUT2D eigenvalue weighted by Crippen LogP contribution is 2.36. The standard InChI is InChI=1S/C8H8Cl2F3NS/c9-6-3-4(7(10)15-6)5(14)1-2-8(11,12)13/h3,5H,1-2,14H2. The van der Waals surface area contributed by atoms with Crippen molar-refractivity contribution in [3.8, 4) is 0 Å². The van der Waals surface area contributed by atoms with Crippen molar-refractivity contribution in [3.05, 3.63) is 20.3 Å². The summed E-state index contributed by atoms with van der Waals surface area (Å²) in [5.74, 6) is 0. The first-order valence-electron chi connectivity index (χ1n) is 4.06. The Labute approximate surface area is 99.0 Å². The average Bonchev–Trinajstić information content (AvgIpc) is 2.40. The molecule has 0 spiro atoms. The summed E-state index contributed by atoms with van der Waals surface area (Å²) in [6, 6.07) is 0.790. The van der Waals surface area contributed by atoms with Crippen LogP contribution in [0.25, 0.3) is 0 Å². The van der Waals surface area contributed by atoms with Crippen LogP contribution in [0.15, 0.2) is 6.07 Å². The van der Waals surface area contributed by atoms with E-state index in [4.69, 9.17) is 28.9 Å². The van der Waals surface area contributed by atoms with Gasteiger partial charge in [0.25, 0.3) is 0 Å². The van der Waals surface area contributed by atoms with Gasteiger partial charge in [-0.1, -0.05) is 23.2 Å². The highest BCUT2D eigenvalue weighted by Gasteiger charge is 2.28. The molecular formula is C8H8Cl2F3NS. The Balaban J connectivity index is 2.61. The third-order valence-electron chi connectivity index (χ3n) is 1.82. The zero-order valence-electron chi connectivity index (χ0n) is 7.44. The van der Waals surface area contributed by atoms with Gasteiger partial charge in [0, 0.05) is 12.5 Å². The highest BCUT2D eigenvalue weighted by atomic mass is 35.5. The van der Waals surface area contributed by atoms with E-state index >= 15 is 0 Å². The first kappa shape index (κ1) is 13.1. The molecule has 15 heavy (non-hydrogen) atoms. The zero-order valence-corrected chi connectivity index (χ0v) is 9.77. The Hall–Kier alpha value is 0.0300. The molecule has 2 N–H and O–H groups in total. The molecule has 7 heteroatoms. The SMILES string of the molecule is NC(CCC(F)(F)F)c1cc(Cl)sc1Cl. The van der Waals surface area contributed by atoms with Crippen LogP contribution >= 0.6 is 34.5 Å². The van der Waals surface area contributed by atoms with E-state index in [0.717, 1.165) is 11.3 Å². The minimum atomic E-state index is -4.19. The maximum atomic E-state index is 11.9. The van der Waals surface area contributed by atoms with E-state index in [1.54, 1.807) is 0 Å². The summed E-state index contributed by atoms with van der Waals surface area (Å²) in [6.45, 7) is 0. The minimum Gasteiger partial charge on any atom is -0.324 e. The Morgan fingerprint density at radius 1 is 1.40 bits per heavy atom. The molecule has 1 aromatic rings. The molecule has 0 aliphatic carbocycles. The van der Waals surface area contributed by atoms with Crippen molar-refractivity contribution in [2.45, 2.75) is 25.1 Å². The molecule has 1 rings (SSSR count). The molecule has 86 valence electrons. The number of hydrogen-bond acceptors (Lipinski definition) is 2. The lowest BCUT2D eigenvalue weighted by atomic mass is 10.1. The van der Waals surface area contributed by atoms with Crippen LogP contribution < -0.4 is 5.73 Å². The number of hydrogen-bond donors (Lipinski definition) is 1. The summed E-state index contributed by atoms with van der Waals surface area (Å²) < 4.78 is 36.6. The van der Waals surface area contributed by atoms with Gasteiger partial charge in [0.05, 0.1) is 8.67 Å². The minimum absolute atomic E-state index is 0.184. The maximum absolute atomic E-state index is 11.9. The van der Waals surface area contributed by atoms with Gasteiger partial charge in [-0.05, 0) is 18.1 Å². The van der Waals surface area contributed by atoms with Crippen molar-refractivity contribution < 1.29 is 13.2 Å². The van der Waals surface area contributed by atoms with E-state index in [2.05, 4.69) is 0 Å². The van der Waals surface area contributed by atoms with Crippen LogP contribution in [0.1, 0.15) is 24.4 Å². The molecule has 1 atom stereocenters. The van der Waals surface area contributed by atoms with Crippen LogP contribution in [0.3, 0.4) is 0 Å². The molecule has 1 unspecified atom stereocenters. The largest absolute Gasteiger partial charge is 0.389 e. The number of nitrogens with two attached hydrogens (primary N) is 1. The van der Waals surface area contributed by atoms with E-state index in [1.807, 2.05) is 0 Å². The Bertz CT molecular complexity index is 337. The van der Waals surface area contributed by atoms with Crippen LogP contribution in [-0.2, 0) is 0 Å². The van der Waals surface area contributed by atoms with Gasteiger partial charge >= 0.3 is 6.18 Å². The first-order chi connectivity index (χ1) is 6.79. The number of halogens is 5. The predicted molar refractivity (Wildman–Crippen MR) is 56.6 cm³/mol. The van der Waals surface area contributed by atoms with Crippen molar-refractivity contribution >= 4 is 34.5 Å². The predicted octanol–water partition coefficient (Wildman–Crippen LogP) is 4.40. The van der Waals surface area contributed by atoms with Gasteiger partial charge in [0.2, 0.25) is 0 Å². The zero-order chi connectivity index (χ0) is 11.6. The number of rotatable bonds is 3. The van der Waals surface area contributed by atoms with Crippen molar-refractivity contribution in [1.82, 2.24) is 0 Å². The first-order valence-corrected chi connectivity index (χ1v) is 5.64. The molecule has 1 aromatic heterocycles. The maximum Gasteiger partial charge on any atom is 0.389 e. The van der Waals surface area contributed by atoms with Crippen molar-refractivity contribution in [3.63, 3.8) is 0 Å². The normalized spacial score (nSPS) is 14.3. The van der Waals surface area contributed by atoms with E-state index in [-0.39, 0.29) is 6.42 Å². The Kier molecular flexibility index (Phi) is 4.29. The van der Waals surface area contributed by atoms with Crippen molar-refractivity contribution in [2.75, 3.05) is 0 Å². The molecule has 0 aliphatic heterocycles. The molecule has 0 radical (unpaired) electrons. The fourth-order valence-corrected chi connectivity index (χ4v) is 2.68. The van der Waals surface area contributed by atoms with Gasteiger partial charge in [0.1, 0.15) is 0 Å². The lowest BCUT2D eigenvalue weighted by Crippen LogP contribution is -2.15. The summed E-state index contributed by atoms with van der Waals surface area (Å²) in [6.07, 6.45) is -5.29. The summed E-state index contributed by atoms with van der Waals surface area (Å²) in [7, 11) is 0. The molecule has 0 saturated carbocycles. The van der Waals surface area contributed by atoms with Crippen LogP contribution in [0.5, 0.6) is 0 Å². The van der Waals surface area contributed by atoms with E-state index in [9.17, 15) is 13.2 Å². The van der Waals surface area contributed by atoms with Gasteiger partial charge in [-0.3, -0.25) is 0 Å². The van der Waals surface area contributed by atoms with Gasteiger partial charge < -0.3 is 5.73 Å². The second-order valence-corrected chi connectivity index (χ2v) is 5.33. The van der Waals surface area contributed by atoms with Gasteiger partial charge in [-0.15, -0.1) is 11.3 Å². The Morgan fingerprint density at radius 2 is 2.00 bits per heavy atom. The molecule has 1 nitrogen and oxygen atoms in total. The Morgan fingerprint density at radius 3 is 2.40 bits per heavy atom. The van der Waals surface area contributed by atoms with E-state index in [0.29, 0.717) is 14.2 Å².